The van der Waals surface area contributed by atoms with Crippen LogP contribution in [0, 0.1) is 5.82 Å². The van der Waals surface area contributed by atoms with Crippen molar-refractivity contribution >= 4 is 11.4 Å². The van der Waals surface area contributed by atoms with Gasteiger partial charge in [0.2, 0.25) is 0 Å². The summed E-state index contributed by atoms with van der Waals surface area (Å²) < 4.78 is 18.4. The van der Waals surface area contributed by atoms with Gasteiger partial charge in [-0.05, 0) is 31.0 Å². The second-order valence-corrected chi connectivity index (χ2v) is 4.22. The van der Waals surface area contributed by atoms with Gasteiger partial charge in [0.1, 0.15) is 5.82 Å². The maximum absolute atomic E-state index is 12.9. The molecule has 0 aromatic heterocycles. The smallest absolute Gasteiger partial charge is 0.125 e. The van der Waals surface area contributed by atoms with Crippen LogP contribution in [0.4, 0.5) is 15.8 Å². The highest BCUT2D eigenvalue weighted by atomic mass is 19.1. The van der Waals surface area contributed by atoms with Crippen molar-refractivity contribution in [2.45, 2.75) is 18.9 Å². The number of nitrogen functional groups attached to an aromatic ring is 1. The summed E-state index contributed by atoms with van der Waals surface area (Å²) in [6.07, 6.45) is 2.48. The predicted octanol–water partition coefficient (Wildman–Crippen LogP) is 2.02. The van der Waals surface area contributed by atoms with E-state index >= 15 is 0 Å². The highest BCUT2D eigenvalue weighted by Crippen LogP contribution is 2.24. The SMILES string of the molecule is CN(CC1CCCO1)c1ccc(F)cc1N. The summed E-state index contributed by atoms with van der Waals surface area (Å²) in [5, 5.41) is 0. The number of rotatable bonds is 3. The molecule has 0 amide bonds. The number of likely N-dealkylation sites (N-methyl/N-ethyl adjacent to an activating group) is 1. The van der Waals surface area contributed by atoms with Gasteiger partial charge < -0.3 is 15.4 Å². The van der Waals surface area contributed by atoms with Crippen molar-refractivity contribution in [2.24, 2.45) is 0 Å². The molecule has 0 spiro atoms. The van der Waals surface area contributed by atoms with E-state index in [2.05, 4.69) is 0 Å². The zero-order chi connectivity index (χ0) is 11.5. The fourth-order valence-electron chi connectivity index (χ4n) is 2.07. The number of benzene rings is 1. The molecule has 0 saturated carbocycles. The molecule has 1 aliphatic rings. The average Bonchev–Trinajstić information content (AvgIpc) is 2.70. The molecule has 16 heavy (non-hydrogen) atoms. The molecule has 0 bridgehead atoms. The van der Waals surface area contributed by atoms with Crippen molar-refractivity contribution in [2.75, 3.05) is 30.8 Å². The fourth-order valence-corrected chi connectivity index (χ4v) is 2.07. The van der Waals surface area contributed by atoms with Crippen LogP contribution < -0.4 is 10.6 Å². The first-order chi connectivity index (χ1) is 7.66. The van der Waals surface area contributed by atoms with Crippen LogP contribution in [-0.2, 0) is 4.74 Å². The van der Waals surface area contributed by atoms with E-state index in [0.29, 0.717) is 5.69 Å². The summed E-state index contributed by atoms with van der Waals surface area (Å²) >= 11 is 0. The maximum Gasteiger partial charge on any atom is 0.125 e. The minimum Gasteiger partial charge on any atom is -0.397 e. The molecular formula is C12H17FN2O. The van der Waals surface area contributed by atoms with Crippen LogP contribution in [-0.4, -0.2) is 26.3 Å². The van der Waals surface area contributed by atoms with Crippen molar-refractivity contribution in [3.8, 4) is 0 Å². The number of nitrogens with two attached hydrogens (primary N) is 1. The van der Waals surface area contributed by atoms with E-state index in [4.69, 9.17) is 10.5 Å². The van der Waals surface area contributed by atoms with Crippen LogP contribution in [0.15, 0.2) is 18.2 Å². The third-order valence-electron chi connectivity index (χ3n) is 2.90. The first-order valence-corrected chi connectivity index (χ1v) is 5.54. The topological polar surface area (TPSA) is 38.5 Å². The lowest BCUT2D eigenvalue weighted by atomic mass is 10.2. The van der Waals surface area contributed by atoms with Crippen molar-refractivity contribution < 1.29 is 9.13 Å². The van der Waals surface area contributed by atoms with Gasteiger partial charge in [0.25, 0.3) is 0 Å². The third-order valence-corrected chi connectivity index (χ3v) is 2.90. The van der Waals surface area contributed by atoms with Gasteiger partial charge in [0.05, 0.1) is 17.5 Å². The van der Waals surface area contributed by atoms with Crippen molar-refractivity contribution in [1.82, 2.24) is 0 Å². The van der Waals surface area contributed by atoms with E-state index in [1.165, 1.54) is 12.1 Å². The van der Waals surface area contributed by atoms with E-state index in [1.807, 2.05) is 11.9 Å². The lowest BCUT2D eigenvalue weighted by Gasteiger charge is -2.24. The largest absolute Gasteiger partial charge is 0.397 e. The normalized spacial score (nSPS) is 20.0. The summed E-state index contributed by atoms with van der Waals surface area (Å²) in [6.45, 7) is 1.65. The van der Waals surface area contributed by atoms with Crippen molar-refractivity contribution in [1.29, 1.82) is 0 Å². The molecule has 1 unspecified atom stereocenters. The Hall–Kier alpha value is -1.29. The zero-order valence-corrected chi connectivity index (χ0v) is 9.45. The molecule has 0 radical (unpaired) electrons. The van der Waals surface area contributed by atoms with Gasteiger partial charge in [-0.2, -0.15) is 0 Å². The number of nitrogens with zero attached hydrogens (tertiary/aromatic N) is 1. The van der Waals surface area contributed by atoms with Gasteiger partial charge in [-0.3, -0.25) is 0 Å². The van der Waals surface area contributed by atoms with Crippen LogP contribution in [0.2, 0.25) is 0 Å². The molecule has 1 fully saturated rings. The Kier molecular flexibility index (Phi) is 3.29. The second-order valence-electron chi connectivity index (χ2n) is 4.22. The molecule has 2 N–H and O–H groups in total. The molecule has 1 aromatic rings. The Morgan fingerprint density at radius 1 is 1.56 bits per heavy atom. The first kappa shape index (κ1) is 11.2. The first-order valence-electron chi connectivity index (χ1n) is 5.54. The molecule has 1 saturated heterocycles. The summed E-state index contributed by atoms with van der Waals surface area (Å²) in [4.78, 5) is 2.02. The summed E-state index contributed by atoms with van der Waals surface area (Å²) in [6, 6.07) is 4.48. The Balaban J connectivity index is 2.04. The highest BCUT2D eigenvalue weighted by molar-refractivity contribution is 5.67. The number of hydrogen-bond acceptors (Lipinski definition) is 3. The molecule has 4 heteroatoms. The monoisotopic (exact) mass is 224 g/mol. The van der Waals surface area contributed by atoms with Crippen LogP contribution >= 0.6 is 0 Å². The van der Waals surface area contributed by atoms with Gasteiger partial charge in [0.15, 0.2) is 0 Å². The molecule has 2 rings (SSSR count). The summed E-state index contributed by atoms with van der Waals surface area (Å²) in [5.74, 6) is -0.299. The summed E-state index contributed by atoms with van der Waals surface area (Å²) in [5.41, 5.74) is 7.10. The third kappa shape index (κ3) is 2.44. The molecule has 1 heterocycles. The molecule has 3 nitrogen and oxygen atoms in total. The predicted molar refractivity (Wildman–Crippen MR) is 63.1 cm³/mol. The lowest BCUT2D eigenvalue weighted by molar-refractivity contribution is 0.116. The van der Waals surface area contributed by atoms with Crippen LogP contribution in [0.25, 0.3) is 0 Å². The Labute approximate surface area is 95.0 Å². The zero-order valence-electron chi connectivity index (χ0n) is 9.45. The maximum atomic E-state index is 12.9. The number of anilines is 2. The minimum atomic E-state index is -0.299. The van der Waals surface area contributed by atoms with Crippen LogP contribution in [0.3, 0.4) is 0 Å². The lowest BCUT2D eigenvalue weighted by Crippen LogP contribution is -2.29. The van der Waals surface area contributed by atoms with Crippen molar-refractivity contribution in [3.63, 3.8) is 0 Å². The fraction of sp³-hybridized carbons (Fsp3) is 0.500. The Morgan fingerprint density at radius 2 is 2.38 bits per heavy atom. The second kappa shape index (κ2) is 4.70. The number of halogens is 1. The van der Waals surface area contributed by atoms with E-state index in [-0.39, 0.29) is 11.9 Å². The highest BCUT2D eigenvalue weighted by Gasteiger charge is 2.18. The quantitative estimate of drug-likeness (QED) is 0.798. The van der Waals surface area contributed by atoms with E-state index in [1.54, 1.807) is 6.07 Å². The standard InChI is InChI=1S/C12H17FN2O/c1-15(8-10-3-2-6-16-10)12-5-4-9(13)7-11(12)14/h4-5,7,10H,2-3,6,8,14H2,1H3. The Bertz CT molecular complexity index is 364. The van der Waals surface area contributed by atoms with Crippen LogP contribution in [0.1, 0.15) is 12.8 Å². The molecular weight excluding hydrogens is 207 g/mol. The average molecular weight is 224 g/mol. The van der Waals surface area contributed by atoms with Gasteiger partial charge >= 0.3 is 0 Å². The van der Waals surface area contributed by atoms with E-state index < -0.39 is 0 Å². The molecule has 88 valence electrons. The summed E-state index contributed by atoms with van der Waals surface area (Å²) in [7, 11) is 1.95. The van der Waals surface area contributed by atoms with Crippen molar-refractivity contribution in [3.05, 3.63) is 24.0 Å². The molecule has 1 aliphatic heterocycles. The number of ether oxygens (including phenoxy) is 1. The van der Waals surface area contributed by atoms with Gasteiger partial charge in [-0.25, -0.2) is 4.39 Å². The molecule has 1 aromatic carbocycles. The minimum absolute atomic E-state index is 0.273. The van der Waals surface area contributed by atoms with Gasteiger partial charge in [-0.1, -0.05) is 0 Å². The van der Waals surface area contributed by atoms with Gasteiger partial charge in [-0.15, -0.1) is 0 Å². The van der Waals surface area contributed by atoms with Gasteiger partial charge in [0, 0.05) is 20.2 Å². The van der Waals surface area contributed by atoms with Crippen LogP contribution in [0.5, 0.6) is 0 Å². The molecule has 1 atom stereocenters. The van der Waals surface area contributed by atoms with E-state index in [9.17, 15) is 4.39 Å². The Morgan fingerprint density at radius 3 is 3.00 bits per heavy atom. The number of hydrogen-bond donors (Lipinski definition) is 1. The van der Waals surface area contributed by atoms with E-state index in [0.717, 1.165) is 31.7 Å². The molecule has 0 aliphatic carbocycles.